The molecule has 0 N–H and O–H groups in total. The van der Waals surface area contributed by atoms with E-state index in [0.717, 1.165) is 36.0 Å². The number of hydrogen-bond acceptors (Lipinski definition) is 2. The first kappa shape index (κ1) is 13.0. The molecule has 1 aromatic carbocycles. The highest BCUT2D eigenvalue weighted by atomic mass is 35.5. The summed E-state index contributed by atoms with van der Waals surface area (Å²) in [5, 5.41) is 0.748. The third kappa shape index (κ3) is 3.06. The molecule has 0 unspecified atom stereocenters. The van der Waals surface area contributed by atoms with Crippen LogP contribution >= 0.6 is 23.2 Å². The summed E-state index contributed by atoms with van der Waals surface area (Å²) in [6.45, 7) is 6.68. The Labute approximate surface area is 112 Å². The van der Waals surface area contributed by atoms with Crippen molar-refractivity contribution in [1.82, 2.24) is 0 Å². The first-order valence-electron chi connectivity index (χ1n) is 5.75. The zero-order chi connectivity index (χ0) is 12.5. The van der Waals surface area contributed by atoms with Gasteiger partial charge in [0.25, 0.3) is 0 Å². The van der Waals surface area contributed by atoms with Crippen molar-refractivity contribution in [3.8, 4) is 0 Å². The highest BCUT2D eigenvalue weighted by Gasteiger charge is 2.28. The van der Waals surface area contributed by atoms with Crippen LogP contribution in [0, 0.1) is 0 Å². The summed E-state index contributed by atoms with van der Waals surface area (Å²) in [6, 6.07) is 5.86. The van der Waals surface area contributed by atoms with Gasteiger partial charge in [-0.05, 0) is 31.5 Å². The van der Waals surface area contributed by atoms with Crippen molar-refractivity contribution in [3.63, 3.8) is 0 Å². The number of halogens is 2. The van der Waals surface area contributed by atoms with Crippen LogP contribution in [0.15, 0.2) is 18.2 Å². The smallest absolute Gasteiger partial charge is 0.0801 e. The normalized spacial score (nSPS) is 19.4. The van der Waals surface area contributed by atoms with E-state index in [1.54, 1.807) is 0 Å². The maximum Gasteiger partial charge on any atom is 0.0801 e. The molecular weight excluding hydrogens is 257 g/mol. The van der Waals surface area contributed by atoms with Crippen LogP contribution < -0.4 is 4.90 Å². The van der Waals surface area contributed by atoms with E-state index in [-0.39, 0.29) is 5.60 Å². The SMILES string of the molecule is CC1(C)CN(c2cc(Cl)ccc2CCl)CCO1. The first-order valence-corrected chi connectivity index (χ1v) is 6.66. The summed E-state index contributed by atoms with van der Waals surface area (Å²) >= 11 is 12.0. The molecule has 1 aliphatic heterocycles. The maximum absolute atomic E-state index is 6.06. The van der Waals surface area contributed by atoms with Crippen LogP contribution in [0.5, 0.6) is 0 Å². The molecule has 1 heterocycles. The van der Waals surface area contributed by atoms with E-state index in [9.17, 15) is 0 Å². The van der Waals surface area contributed by atoms with Gasteiger partial charge in [0.15, 0.2) is 0 Å². The summed E-state index contributed by atoms with van der Waals surface area (Å²) in [5.74, 6) is 0.504. The lowest BCUT2D eigenvalue weighted by Gasteiger charge is -2.40. The summed E-state index contributed by atoms with van der Waals surface area (Å²) in [7, 11) is 0. The number of hydrogen-bond donors (Lipinski definition) is 0. The van der Waals surface area contributed by atoms with Gasteiger partial charge in [-0.25, -0.2) is 0 Å². The largest absolute Gasteiger partial charge is 0.372 e. The van der Waals surface area contributed by atoms with Crippen LogP contribution in [0.3, 0.4) is 0 Å². The molecule has 0 radical (unpaired) electrons. The van der Waals surface area contributed by atoms with E-state index in [1.807, 2.05) is 18.2 Å². The van der Waals surface area contributed by atoms with Crippen LogP contribution in [-0.4, -0.2) is 25.3 Å². The quantitative estimate of drug-likeness (QED) is 0.762. The number of alkyl halides is 1. The highest BCUT2D eigenvalue weighted by Crippen LogP contribution is 2.29. The Morgan fingerprint density at radius 2 is 2.18 bits per heavy atom. The predicted octanol–water partition coefficient (Wildman–Crippen LogP) is 3.69. The average Bonchev–Trinajstić information content (AvgIpc) is 2.27. The van der Waals surface area contributed by atoms with Crippen LogP contribution in [0.1, 0.15) is 19.4 Å². The lowest BCUT2D eigenvalue weighted by molar-refractivity contribution is -0.0277. The number of nitrogens with zero attached hydrogens (tertiary/aromatic N) is 1. The molecule has 0 spiro atoms. The monoisotopic (exact) mass is 273 g/mol. The van der Waals surface area contributed by atoms with Gasteiger partial charge < -0.3 is 9.64 Å². The first-order chi connectivity index (χ1) is 8.02. The van der Waals surface area contributed by atoms with Crippen molar-refractivity contribution in [2.75, 3.05) is 24.6 Å². The Bertz CT molecular complexity index is 406. The van der Waals surface area contributed by atoms with E-state index in [1.165, 1.54) is 0 Å². The summed E-state index contributed by atoms with van der Waals surface area (Å²) in [4.78, 5) is 2.30. The second kappa shape index (κ2) is 5.05. The minimum absolute atomic E-state index is 0.121. The minimum atomic E-state index is -0.121. The van der Waals surface area contributed by atoms with E-state index in [0.29, 0.717) is 5.88 Å². The van der Waals surface area contributed by atoms with Crippen molar-refractivity contribution >= 4 is 28.9 Å². The van der Waals surface area contributed by atoms with Crippen LogP contribution in [-0.2, 0) is 10.6 Å². The molecule has 94 valence electrons. The van der Waals surface area contributed by atoms with E-state index >= 15 is 0 Å². The van der Waals surface area contributed by atoms with Gasteiger partial charge in [0.2, 0.25) is 0 Å². The lowest BCUT2D eigenvalue weighted by Crippen LogP contribution is -2.48. The molecule has 0 saturated carbocycles. The lowest BCUT2D eigenvalue weighted by atomic mass is 10.1. The predicted molar refractivity (Wildman–Crippen MR) is 73.3 cm³/mol. The van der Waals surface area contributed by atoms with Crippen molar-refractivity contribution in [3.05, 3.63) is 28.8 Å². The standard InChI is InChI=1S/C13H17Cl2NO/c1-13(2)9-16(5-6-17-13)12-7-11(15)4-3-10(12)8-14/h3-4,7H,5-6,8-9H2,1-2H3. The molecule has 0 bridgehead atoms. The molecular formula is C13H17Cl2NO. The number of benzene rings is 1. The van der Waals surface area contributed by atoms with E-state index in [2.05, 4.69) is 18.7 Å². The fraction of sp³-hybridized carbons (Fsp3) is 0.538. The zero-order valence-electron chi connectivity index (χ0n) is 10.2. The number of rotatable bonds is 2. The molecule has 1 aliphatic rings. The van der Waals surface area contributed by atoms with Gasteiger partial charge in [0.1, 0.15) is 0 Å². The minimum Gasteiger partial charge on any atom is -0.372 e. The Balaban J connectivity index is 2.29. The van der Waals surface area contributed by atoms with E-state index in [4.69, 9.17) is 27.9 Å². The van der Waals surface area contributed by atoms with Crippen molar-refractivity contribution in [1.29, 1.82) is 0 Å². The van der Waals surface area contributed by atoms with Crippen molar-refractivity contribution in [2.45, 2.75) is 25.3 Å². The fourth-order valence-electron chi connectivity index (χ4n) is 2.17. The number of morpholine rings is 1. The molecule has 0 atom stereocenters. The van der Waals surface area contributed by atoms with Gasteiger partial charge in [-0.1, -0.05) is 17.7 Å². The van der Waals surface area contributed by atoms with Gasteiger partial charge >= 0.3 is 0 Å². The third-order valence-electron chi connectivity index (χ3n) is 2.96. The van der Waals surface area contributed by atoms with E-state index < -0.39 is 0 Å². The highest BCUT2D eigenvalue weighted by molar-refractivity contribution is 6.31. The van der Waals surface area contributed by atoms with Gasteiger partial charge in [-0.3, -0.25) is 0 Å². The molecule has 17 heavy (non-hydrogen) atoms. The molecule has 2 rings (SSSR count). The summed E-state index contributed by atoms with van der Waals surface area (Å²) in [6.07, 6.45) is 0. The molecule has 4 heteroatoms. The van der Waals surface area contributed by atoms with Crippen LogP contribution in [0.4, 0.5) is 5.69 Å². The fourth-order valence-corrected chi connectivity index (χ4v) is 2.56. The molecule has 1 fully saturated rings. The van der Waals surface area contributed by atoms with Crippen molar-refractivity contribution in [2.24, 2.45) is 0 Å². The van der Waals surface area contributed by atoms with Gasteiger partial charge in [-0.2, -0.15) is 0 Å². The Morgan fingerprint density at radius 1 is 1.41 bits per heavy atom. The zero-order valence-corrected chi connectivity index (χ0v) is 11.7. The second-order valence-electron chi connectivity index (χ2n) is 4.94. The van der Waals surface area contributed by atoms with Crippen LogP contribution in [0.25, 0.3) is 0 Å². The molecule has 1 aromatic rings. The van der Waals surface area contributed by atoms with Gasteiger partial charge in [0, 0.05) is 29.7 Å². The third-order valence-corrected chi connectivity index (χ3v) is 3.48. The molecule has 1 saturated heterocycles. The number of ether oxygens (including phenoxy) is 1. The molecule has 0 amide bonds. The topological polar surface area (TPSA) is 12.5 Å². The summed E-state index contributed by atoms with van der Waals surface area (Å²) < 4.78 is 5.71. The summed E-state index contributed by atoms with van der Waals surface area (Å²) in [5.41, 5.74) is 2.13. The van der Waals surface area contributed by atoms with Crippen molar-refractivity contribution < 1.29 is 4.74 Å². The van der Waals surface area contributed by atoms with Crippen LogP contribution in [0.2, 0.25) is 5.02 Å². The Morgan fingerprint density at radius 3 is 2.82 bits per heavy atom. The Kier molecular flexibility index (Phi) is 3.86. The molecule has 0 aromatic heterocycles. The number of anilines is 1. The average molecular weight is 274 g/mol. The second-order valence-corrected chi connectivity index (χ2v) is 5.64. The van der Waals surface area contributed by atoms with Gasteiger partial charge in [0.05, 0.1) is 12.2 Å². The molecule has 2 nitrogen and oxygen atoms in total. The molecule has 0 aliphatic carbocycles. The Hall–Kier alpha value is -0.440. The maximum atomic E-state index is 6.06. The van der Waals surface area contributed by atoms with Gasteiger partial charge in [-0.15, -0.1) is 11.6 Å².